The van der Waals surface area contributed by atoms with Gasteiger partial charge in [0.15, 0.2) is 11.5 Å². The maximum absolute atomic E-state index is 6.71. The highest BCUT2D eigenvalue weighted by molar-refractivity contribution is 5.85. The molecule has 0 bridgehead atoms. The van der Waals surface area contributed by atoms with Gasteiger partial charge in [-0.2, -0.15) is 10.1 Å². The average Bonchev–Trinajstić information content (AvgIpc) is 3.36. The number of hydrogen-bond donors (Lipinski definition) is 1. The molecule has 0 aliphatic carbocycles. The Morgan fingerprint density at radius 2 is 2.00 bits per heavy atom. The summed E-state index contributed by atoms with van der Waals surface area (Å²) in [6, 6.07) is 15.9. The molecule has 8 heteroatoms. The Bertz CT molecular complexity index is 1430. The maximum atomic E-state index is 6.71. The molecule has 4 heterocycles. The van der Waals surface area contributed by atoms with E-state index >= 15 is 0 Å². The number of aryl methyl sites for hydroxylation is 1. The molecule has 2 aromatic heterocycles. The number of rotatable bonds is 5. The van der Waals surface area contributed by atoms with Crippen LogP contribution in [-0.4, -0.2) is 33.5 Å². The number of aromatic nitrogens is 4. The van der Waals surface area contributed by atoms with E-state index in [-0.39, 0.29) is 6.04 Å². The number of nitrogens with zero attached hydrogens (tertiary/aromatic N) is 4. The van der Waals surface area contributed by atoms with Gasteiger partial charge >= 0.3 is 0 Å². The first kappa shape index (κ1) is 21.2. The van der Waals surface area contributed by atoms with Crippen LogP contribution in [0.4, 0.5) is 5.95 Å². The zero-order valence-corrected chi connectivity index (χ0v) is 19.7. The Morgan fingerprint density at radius 1 is 1.09 bits per heavy atom. The molecule has 2 atom stereocenters. The number of methoxy groups -OCH3 is 1. The van der Waals surface area contributed by atoms with Gasteiger partial charge in [-0.25, -0.2) is 4.68 Å². The van der Waals surface area contributed by atoms with Crippen molar-refractivity contribution >= 4 is 11.6 Å². The molecular formula is C27H25N5O3. The molecule has 1 N–H and O–H groups in total. The van der Waals surface area contributed by atoms with Gasteiger partial charge in [-0.3, -0.25) is 4.98 Å². The zero-order chi connectivity index (χ0) is 23.9. The second kappa shape index (κ2) is 8.47. The van der Waals surface area contributed by atoms with Gasteiger partial charge in [0.25, 0.3) is 0 Å². The third-order valence-electron chi connectivity index (χ3n) is 6.36. The Kier molecular flexibility index (Phi) is 5.13. The quantitative estimate of drug-likeness (QED) is 0.445. The van der Waals surface area contributed by atoms with Gasteiger partial charge in [0.05, 0.1) is 19.4 Å². The molecule has 2 aliphatic heterocycles. The molecule has 0 spiro atoms. The highest BCUT2D eigenvalue weighted by atomic mass is 16.5. The topological polar surface area (TPSA) is 83.3 Å². The molecule has 0 radical (unpaired) electrons. The Hall–Kier alpha value is -4.33. The molecule has 4 aromatic rings. The monoisotopic (exact) mass is 467 g/mol. The lowest BCUT2D eigenvalue weighted by Crippen LogP contribution is -2.32. The van der Waals surface area contributed by atoms with Crippen molar-refractivity contribution in [1.82, 2.24) is 19.7 Å². The van der Waals surface area contributed by atoms with Crippen molar-refractivity contribution in [1.29, 1.82) is 0 Å². The van der Waals surface area contributed by atoms with Gasteiger partial charge in [-0.1, -0.05) is 23.8 Å². The molecule has 35 heavy (non-hydrogen) atoms. The van der Waals surface area contributed by atoms with E-state index < -0.39 is 6.10 Å². The molecular weight excluding hydrogens is 442 g/mol. The van der Waals surface area contributed by atoms with Crippen LogP contribution in [-0.2, 0) is 0 Å². The van der Waals surface area contributed by atoms with Crippen LogP contribution in [0.2, 0.25) is 0 Å². The summed E-state index contributed by atoms with van der Waals surface area (Å²) >= 11 is 0. The summed E-state index contributed by atoms with van der Waals surface area (Å²) in [5, 5.41) is 8.10. The lowest BCUT2D eigenvalue weighted by atomic mass is 9.84. The predicted octanol–water partition coefficient (Wildman–Crippen LogP) is 4.95. The summed E-state index contributed by atoms with van der Waals surface area (Å²) in [5.41, 5.74) is 6.09. The SMILES string of the molecule is CCOc1ccc([C@H]2Oc3ccc(C)cc3C3=C2[C@H](c2cccnc2)n2ncnc2N3)cc1OC. The molecule has 176 valence electrons. The minimum Gasteiger partial charge on any atom is -0.493 e. The minimum absolute atomic E-state index is 0.256. The number of hydrogen-bond acceptors (Lipinski definition) is 7. The summed E-state index contributed by atoms with van der Waals surface area (Å²) in [5.74, 6) is 2.84. The highest BCUT2D eigenvalue weighted by Gasteiger charge is 2.41. The van der Waals surface area contributed by atoms with Crippen LogP contribution in [0.3, 0.4) is 0 Å². The minimum atomic E-state index is -0.403. The predicted molar refractivity (Wildman–Crippen MR) is 132 cm³/mol. The summed E-state index contributed by atoms with van der Waals surface area (Å²) < 4.78 is 20.0. The third kappa shape index (κ3) is 3.49. The molecule has 8 nitrogen and oxygen atoms in total. The Balaban J connectivity index is 1.59. The summed E-state index contributed by atoms with van der Waals surface area (Å²) in [6.45, 7) is 4.59. The van der Waals surface area contributed by atoms with Gasteiger partial charge in [0.2, 0.25) is 5.95 Å². The number of fused-ring (bicyclic) bond motifs is 3. The van der Waals surface area contributed by atoms with Gasteiger partial charge in [0, 0.05) is 29.1 Å². The van der Waals surface area contributed by atoms with Crippen molar-refractivity contribution in [3.05, 3.63) is 95.1 Å². The number of benzene rings is 2. The first-order valence-electron chi connectivity index (χ1n) is 11.6. The molecule has 0 amide bonds. The summed E-state index contributed by atoms with van der Waals surface area (Å²) in [4.78, 5) is 8.87. The van der Waals surface area contributed by atoms with Crippen molar-refractivity contribution in [2.24, 2.45) is 0 Å². The Labute approximate surface area is 203 Å². The van der Waals surface area contributed by atoms with E-state index in [1.807, 2.05) is 48.1 Å². The van der Waals surface area contributed by atoms with Crippen molar-refractivity contribution in [2.45, 2.75) is 26.0 Å². The largest absolute Gasteiger partial charge is 0.493 e. The molecule has 2 aromatic carbocycles. The van der Waals surface area contributed by atoms with Gasteiger partial charge in [-0.15, -0.1) is 0 Å². The fraction of sp³-hybridized carbons (Fsp3) is 0.222. The van der Waals surface area contributed by atoms with Crippen LogP contribution in [0.15, 0.2) is 72.8 Å². The van der Waals surface area contributed by atoms with E-state index in [0.29, 0.717) is 24.1 Å². The average molecular weight is 468 g/mol. The molecule has 0 saturated carbocycles. The molecule has 2 aliphatic rings. The van der Waals surface area contributed by atoms with Crippen LogP contribution in [0, 0.1) is 6.92 Å². The van der Waals surface area contributed by atoms with Crippen LogP contribution in [0.1, 0.15) is 41.3 Å². The fourth-order valence-electron chi connectivity index (χ4n) is 4.84. The highest BCUT2D eigenvalue weighted by Crippen LogP contribution is 2.51. The summed E-state index contributed by atoms with van der Waals surface area (Å²) in [6.07, 6.45) is 4.80. The standard InChI is InChI=1S/C27H25N5O3/c1-4-34-21-10-8-17(13-22(21)33-3)26-23-24(19-12-16(2)7-9-20(19)35-26)31-27-29-15-30-32(27)25(23)18-6-5-11-28-14-18/h5-15,25-26H,4H2,1-3H3,(H,29,30,31)/t25-,26+/m0/s1. The zero-order valence-electron chi connectivity index (χ0n) is 19.7. The van der Waals surface area contributed by atoms with Crippen molar-refractivity contribution in [3.63, 3.8) is 0 Å². The van der Waals surface area contributed by atoms with E-state index in [9.17, 15) is 0 Å². The lowest BCUT2D eigenvalue weighted by molar-refractivity contribution is 0.222. The fourth-order valence-corrected chi connectivity index (χ4v) is 4.84. The Morgan fingerprint density at radius 3 is 2.80 bits per heavy atom. The third-order valence-corrected chi connectivity index (χ3v) is 6.36. The van der Waals surface area contributed by atoms with Gasteiger partial charge in [-0.05, 0) is 49.7 Å². The summed E-state index contributed by atoms with van der Waals surface area (Å²) in [7, 11) is 1.65. The van der Waals surface area contributed by atoms with Gasteiger partial charge in [0.1, 0.15) is 24.2 Å². The van der Waals surface area contributed by atoms with Crippen LogP contribution >= 0.6 is 0 Å². The van der Waals surface area contributed by atoms with E-state index in [1.54, 1.807) is 19.6 Å². The lowest BCUT2D eigenvalue weighted by Gasteiger charge is -2.39. The molecule has 0 saturated heterocycles. The van der Waals surface area contributed by atoms with Crippen molar-refractivity contribution in [2.75, 3.05) is 19.0 Å². The maximum Gasteiger partial charge on any atom is 0.226 e. The van der Waals surface area contributed by atoms with Crippen LogP contribution < -0.4 is 19.5 Å². The van der Waals surface area contributed by atoms with E-state index in [1.165, 1.54) is 0 Å². The number of ether oxygens (including phenoxy) is 3. The first-order chi connectivity index (χ1) is 17.2. The van der Waals surface area contributed by atoms with Crippen molar-refractivity contribution < 1.29 is 14.2 Å². The molecule has 6 rings (SSSR count). The van der Waals surface area contributed by atoms with Gasteiger partial charge < -0.3 is 19.5 Å². The van der Waals surface area contributed by atoms with E-state index in [4.69, 9.17) is 14.2 Å². The van der Waals surface area contributed by atoms with E-state index in [2.05, 4.69) is 45.5 Å². The number of nitrogens with one attached hydrogen (secondary N) is 1. The van der Waals surface area contributed by atoms with Crippen molar-refractivity contribution in [3.8, 4) is 17.2 Å². The van der Waals surface area contributed by atoms with E-state index in [0.717, 1.165) is 39.3 Å². The molecule has 0 fully saturated rings. The molecule has 0 unspecified atom stereocenters. The smallest absolute Gasteiger partial charge is 0.226 e. The van der Waals surface area contributed by atoms with Crippen LogP contribution in [0.25, 0.3) is 5.70 Å². The second-order valence-corrected chi connectivity index (χ2v) is 8.51. The number of pyridine rings is 1. The number of anilines is 1. The second-order valence-electron chi connectivity index (χ2n) is 8.51. The first-order valence-corrected chi connectivity index (χ1v) is 11.6. The normalized spacial score (nSPS) is 18.0. The van der Waals surface area contributed by atoms with Crippen LogP contribution in [0.5, 0.6) is 17.2 Å².